The molecule has 1 rings (SSSR count). The summed E-state index contributed by atoms with van der Waals surface area (Å²) in [5.41, 5.74) is 0. The van der Waals surface area contributed by atoms with E-state index in [1.54, 1.807) is 19.1 Å². The molecule has 6 nitrogen and oxygen atoms in total. The van der Waals surface area contributed by atoms with E-state index in [1.807, 2.05) is 0 Å². The molecular weight excluding hydrogens is 279 g/mol. The van der Waals surface area contributed by atoms with Crippen molar-refractivity contribution in [2.24, 2.45) is 0 Å². The number of carboxylic acid groups (broad SMARTS) is 1. The lowest BCUT2D eigenvalue weighted by atomic mass is 10.3. The van der Waals surface area contributed by atoms with Crippen molar-refractivity contribution in [2.45, 2.75) is 19.4 Å². The summed E-state index contributed by atoms with van der Waals surface area (Å²) in [6.07, 6.45) is -0.538. The van der Waals surface area contributed by atoms with Gasteiger partial charge in [0.15, 0.2) is 11.6 Å². The molecule has 1 aromatic rings. The number of carbonyl (C=O) groups is 2. The summed E-state index contributed by atoms with van der Waals surface area (Å²) in [6, 6.07) is 5.61. The van der Waals surface area contributed by atoms with E-state index in [4.69, 9.17) is 9.84 Å². The van der Waals surface area contributed by atoms with Crippen LogP contribution in [0.1, 0.15) is 13.3 Å². The first-order valence-corrected chi connectivity index (χ1v) is 6.52. The summed E-state index contributed by atoms with van der Waals surface area (Å²) < 4.78 is 18.7. The number of rotatable bonds is 7. The molecule has 0 aliphatic rings. The van der Waals surface area contributed by atoms with Crippen LogP contribution in [0.5, 0.6) is 5.75 Å². The Labute approximate surface area is 122 Å². The van der Waals surface area contributed by atoms with Crippen LogP contribution in [0.25, 0.3) is 0 Å². The van der Waals surface area contributed by atoms with E-state index in [-0.39, 0.29) is 25.3 Å². The Morgan fingerprint density at radius 2 is 2.10 bits per heavy atom. The van der Waals surface area contributed by atoms with Gasteiger partial charge in [0.25, 0.3) is 0 Å². The van der Waals surface area contributed by atoms with Crippen molar-refractivity contribution in [2.75, 3.05) is 20.1 Å². The molecule has 0 fully saturated rings. The first-order chi connectivity index (χ1) is 9.90. The van der Waals surface area contributed by atoms with Crippen LogP contribution in [0.3, 0.4) is 0 Å². The molecular formula is C14H19FN2O4. The maximum Gasteiger partial charge on any atom is 0.317 e. The highest BCUT2D eigenvalue weighted by Gasteiger charge is 2.13. The van der Waals surface area contributed by atoms with E-state index < -0.39 is 23.9 Å². The third-order valence-electron chi connectivity index (χ3n) is 2.71. The molecule has 0 aliphatic heterocycles. The zero-order valence-corrected chi connectivity index (χ0v) is 12.0. The molecule has 7 heteroatoms. The van der Waals surface area contributed by atoms with Gasteiger partial charge in [-0.2, -0.15) is 0 Å². The lowest BCUT2D eigenvalue weighted by Gasteiger charge is -2.20. The van der Waals surface area contributed by atoms with Crippen LogP contribution in [0.15, 0.2) is 24.3 Å². The van der Waals surface area contributed by atoms with E-state index in [0.717, 1.165) is 0 Å². The van der Waals surface area contributed by atoms with Crippen LogP contribution < -0.4 is 10.1 Å². The van der Waals surface area contributed by atoms with E-state index in [0.29, 0.717) is 0 Å². The zero-order valence-electron chi connectivity index (χ0n) is 12.0. The van der Waals surface area contributed by atoms with Crippen molar-refractivity contribution in [1.29, 1.82) is 0 Å². The number of para-hydroxylation sites is 1. The third-order valence-corrected chi connectivity index (χ3v) is 2.71. The topological polar surface area (TPSA) is 78.9 Å². The molecule has 0 aromatic heterocycles. The molecule has 1 unspecified atom stereocenters. The summed E-state index contributed by atoms with van der Waals surface area (Å²) in [4.78, 5) is 23.4. The number of hydrogen-bond acceptors (Lipinski definition) is 3. The van der Waals surface area contributed by atoms with Gasteiger partial charge in [0.2, 0.25) is 0 Å². The van der Waals surface area contributed by atoms with E-state index >= 15 is 0 Å². The normalized spacial score (nSPS) is 11.6. The van der Waals surface area contributed by atoms with Crippen LogP contribution >= 0.6 is 0 Å². The SMILES string of the molecule is CC(CNC(=O)N(C)CCC(=O)O)Oc1ccccc1F. The number of amides is 2. The summed E-state index contributed by atoms with van der Waals surface area (Å²) in [5, 5.41) is 11.1. The molecule has 0 bridgehead atoms. The largest absolute Gasteiger partial charge is 0.486 e. The fourth-order valence-electron chi connectivity index (χ4n) is 1.53. The van der Waals surface area contributed by atoms with Crippen molar-refractivity contribution in [1.82, 2.24) is 10.2 Å². The number of benzene rings is 1. The summed E-state index contributed by atoms with van der Waals surface area (Å²) in [6.45, 7) is 2.00. The second-order valence-corrected chi connectivity index (χ2v) is 4.61. The Kier molecular flexibility index (Phi) is 6.45. The molecule has 0 radical (unpaired) electrons. The van der Waals surface area contributed by atoms with Crippen LogP contribution in [0, 0.1) is 5.82 Å². The molecule has 1 aromatic carbocycles. The van der Waals surface area contributed by atoms with Crippen LogP contribution in [-0.4, -0.2) is 48.2 Å². The molecule has 1 atom stereocenters. The Morgan fingerprint density at radius 1 is 1.43 bits per heavy atom. The van der Waals surface area contributed by atoms with Crippen molar-refractivity contribution in [3.8, 4) is 5.75 Å². The predicted molar refractivity (Wildman–Crippen MR) is 74.8 cm³/mol. The van der Waals surface area contributed by atoms with Gasteiger partial charge >= 0.3 is 12.0 Å². The summed E-state index contributed by atoms with van der Waals surface area (Å²) in [5.74, 6) is -1.31. The Balaban J connectivity index is 2.35. The maximum atomic E-state index is 13.4. The predicted octanol–water partition coefficient (Wildman–Crippen LogP) is 1.71. The molecule has 21 heavy (non-hydrogen) atoms. The highest BCUT2D eigenvalue weighted by atomic mass is 19.1. The van der Waals surface area contributed by atoms with Gasteiger partial charge in [0.1, 0.15) is 6.10 Å². The van der Waals surface area contributed by atoms with Gasteiger partial charge in [0, 0.05) is 13.6 Å². The molecule has 0 heterocycles. The van der Waals surface area contributed by atoms with Crippen molar-refractivity contribution in [3.05, 3.63) is 30.1 Å². The quantitative estimate of drug-likeness (QED) is 0.803. The smallest absolute Gasteiger partial charge is 0.317 e. The number of hydrogen-bond donors (Lipinski definition) is 2. The molecule has 0 saturated heterocycles. The molecule has 2 N–H and O–H groups in total. The van der Waals surface area contributed by atoms with Gasteiger partial charge in [-0.1, -0.05) is 12.1 Å². The number of carboxylic acids is 1. The standard InChI is InChI=1S/C14H19FN2O4/c1-10(21-12-6-4-3-5-11(12)15)9-16-14(20)17(2)8-7-13(18)19/h3-6,10H,7-9H2,1-2H3,(H,16,20)(H,18,19). The van der Waals surface area contributed by atoms with Gasteiger partial charge in [-0.3, -0.25) is 4.79 Å². The Morgan fingerprint density at radius 3 is 2.71 bits per heavy atom. The van der Waals surface area contributed by atoms with Crippen LogP contribution in [0.2, 0.25) is 0 Å². The number of halogens is 1. The molecule has 0 aliphatic carbocycles. The van der Waals surface area contributed by atoms with Crippen LogP contribution in [-0.2, 0) is 4.79 Å². The number of nitrogens with zero attached hydrogens (tertiary/aromatic N) is 1. The second-order valence-electron chi connectivity index (χ2n) is 4.61. The number of aliphatic carboxylic acids is 1. The highest BCUT2D eigenvalue weighted by molar-refractivity contribution is 5.75. The molecule has 2 amide bonds. The Bertz CT molecular complexity index is 496. The van der Waals surface area contributed by atoms with Gasteiger partial charge < -0.3 is 20.1 Å². The van der Waals surface area contributed by atoms with E-state index in [9.17, 15) is 14.0 Å². The van der Waals surface area contributed by atoms with Crippen molar-refractivity contribution >= 4 is 12.0 Å². The minimum absolute atomic E-state index is 0.115. The maximum absolute atomic E-state index is 13.4. The first kappa shape index (κ1) is 16.7. The summed E-state index contributed by atoms with van der Waals surface area (Å²) in [7, 11) is 1.50. The van der Waals surface area contributed by atoms with Gasteiger partial charge in [-0.05, 0) is 19.1 Å². The lowest BCUT2D eigenvalue weighted by Crippen LogP contribution is -2.42. The fourth-order valence-corrected chi connectivity index (χ4v) is 1.53. The van der Waals surface area contributed by atoms with E-state index in [1.165, 1.54) is 24.1 Å². The summed E-state index contributed by atoms with van der Waals surface area (Å²) >= 11 is 0. The highest BCUT2D eigenvalue weighted by Crippen LogP contribution is 2.16. The number of ether oxygens (including phenoxy) is 1. The average molecular weight is 298 g/mol. The number of nitrogens with one attached hydrogen (secondary N) is 1. The zero-order chi connectivity index (χ0) is 15.8. The monoisotopic (exact) mass is 298 g/mol. The number of urea groups is 1. The van der Waals surface area contributed by atoms with Gasteiger partial charge in [-0.15, -0.1) is 0 Å². The second kappa shape index (κ2) is 8.08. The molecule has 0 saturated carbocycles. The lowest BCUT2D eigenvalue weighted by molar-refractivity contribution is -0.137. The molecule has 0 spiro atoms. The van der Waals surface area contributed by atoms with Crippen LogP contribution in [0.4, 0.5) is 9.18 Å². The minimum atomic E-state index is -0.967. The fraction of sp³-hybridized carbons (Fsp3) is 0.429. The molecule has 116 valence electrons. The third kappa shape index (κ3) is 6.11. The minimum Gasteiger partial charge on any atom is -0.486 e. The average Bonchev–Trinajstić information content (AvgIpc) is 2.44. The van der Waals surface area contributed by atoms with Gasteiger partial charge in [-0.25, -0.2) is 9.18 Å². The Hall–Kier alpha value is -2.31. The van der Waals surface area contributed by atoms with Crippen molar-refractivity contribution < 1.29 is 23.8 Å². The number of carbonyl (C=O) groups excluding carboxylic acids is 1. The van der Waals surface area contributed by atoms with E-state index in [2.05, 4.69) is 5.32 Å². The van der Waals surface area contributed by atoms with Crippen molar-refractivity contribution in [3.63, 3.8) is 0 Å². The first-order valence-electron chi connectivity index (χ1n) is 6.52. The van der Waals surface area contributed by atoms with Gasteiger partial charge in [0.05, 0.1) is 13.0 Å².